The van der Waals surface area contributed by atoms with Gasteiger partial charge in [0.1, 0.15) is 6.33 Å². The number of benzene rings is 2. The minimum atomic E-state index is -3.86. The van der Waals surface area contributed by atoms with Crippen LogP contribution >= 0.6 is 0 Å². The number of aromatic nitrogens is 2. The summed E-state index contributed by atoms with van der Waals surface area (Å²) in [5, 5.41) is 9.04. The highest BCUT2D eigenvalue weighted by molar-refractivity contribution is 7.92. The van der Waals surface area contributed by atoms with Gasteiger partial charge in [0.2, 0.25) is 0 Å². The monoisotopic (exact) mass is 369 g/mol. The third kappa shape index (κ3) is 3.70. The number of carbonyl (C=O) groups is 1. The number of hydrogen-bond donors (Lipinski definition) is 1. The molecule has 1 aromatic heterocycles. The second kappa shape index (κ2) is 7.32. The molecule has 0 spiro atoms. The van der Waals surface area contributed by atoms with Crippen molar-refractivity contribution in [3.05, 3.63) is 84.4 Å². The molecule has 0 aliphatic carbocycles. The molecule has 7 nitrogen and oxygen atoms in total. The summed E-state index contributed by atoms with van der Waals surface area (Å²) in [4.78, 5) is 19.0. The number of sulfonamides is 1. The Morgan fingerprint density at radius 2 is 1.58 bits per heavy atom. The van der Waals surface area contributed by atoms with Crippen LogP contribution in [0.2, 0.25) is 0 Å². The van der Waals surface area contributed by atoms with Crippen molar-refractivity contribution < 1.29 is 18.3 Å². The van der Waals surface area contributed by atoms with Crippen LogP contribution < -0.4 is 4.31 Å². The molecule has 0 atom stereocenters. The topological polar surface area (TPSA) is 100 Å². The van der Waals surface area contributed by atoms with Crippen LogP contribution in [0.25, 0.3) is 0 Å². The first-order valence-corrected chi connectivity index (χ1v) is 9.07. The lowest BCUT2D eigenvalue weighted by atomic mass is 10.2. The molecular formula is C18H15N3O4S. The smallest absolute Gasteiger partial charge is 0.335 e. The normalized spacial score (nSPS) is 11.1. The molecule has 1 heterocycles. The van der Waals surface area contributed by atoms with Crippen LogP contribution in [0.1, 0.15) is 15.9 Å². The third-order valence-electron chi connectivity index (χ3n) is 3.67. The van der Waals surface area contributed by atoms with Gasteiger partial charge in [-0.1, -0.05) is 18.2 Å². The maximum atomic E-state index is 13.1. The summed E-state index contributed by atoms with van der Waals surface area (Å²) in [6, 6.07) is 13.7. The summed E-state index contributed by atoms with van der Waals surface area (Å²) < 4.78 is 27.5. The Balaban J connectivity index is 2.06. The van der Waals surface area contributed by atoms with Gasteiger partial charge in [0, 0.05) is 18.0 Å². The predicted octanol–water partition coefficient (Wildman–Crippen LogP) is 2.57. The molecule has 0 saturated carbocycles. The molecule has 0 aliphatic heterocycles. The van der Waals surface area contributed by atoms with Gasteiger partial charge in [-0.05, 0) is 36.4 Å². The SMILES string of the molecule is O=C(O)c1ccc(N(Cc2cncnc2)S(=O)(=O)c2ccccc2)cc1. The van der Waals surface area contributed by atoms with E-state index in [4.69, 9.17) is 5.11 Å². The fourth-order valence-electron chi connectivity index (χ4n) is 2.38. The summed E-state index contributed by atoms with van der Waals surface area (Å²) in [5.41, 5.74) is 1.03. The van der Waals surface area contributed by atoms with Gasteiger partial charge in [0.15, 0.2) is 0 Å². The van der Waals surface area contributed by atoms with Crippen LogP contribution in [-0.4, -0.2) is 29.5 Å². The number of aromatic carboxylic acids is 1. The molecule has 26 heavy (non-hydrogen) atoms. The largest absolute Gasteiger partial charge is 0.478 e. The van der Waals surface area contributed by atoms with E-state index < -0.39 is 16.0 Å². The fourth-order valence-corrected chi connectivity index (χ4v) is 3.86. The van der Waals surface area contributed by atoms with Crippen LogP contribution in [0, 0.1) is 0 Å². The van der Waals surface area contributed by atoms with Crippen molar-refractivity contribution in [2.45, 2.75) is 11.4 Å². The van der Waals surface area contributed by atoms with Gasteiger partial charge in [-0.15, -0.1) is 0 Å². The minimum absolute atomic E-state index is 0.0183. The van der Waals surface area contributed by atoms with E-state index >= 15 is 0 Å². The molecular weight excluding hydrogens is 354 g/mol. The summed E-state index contributed by atoms with van der Waals surface area (Å²) in [7, 11) is -3.86. The molecule has 0 fully saturated rings. The van der Waals surface area contributed by atoms with Gasteiger partial charge in [-0.3, -0.25) is 4.31 Å². The van der Waals surface area contributed by atoms with Gasteiger partial charge in [-0.2, -0.15) is 0 Å². The average molecular weight is 369 g/mol. The number of rotatable bonds is 6. The molecule has 0 amide bonds. The highest BCUT2D eigenvalue weighted by atomic mass is 32.2. The Morgan fingerprint density at radius 3 is 2.15 bits per heavy atom. The zero-order chi connectivity index (χ0) is 18.6. The molecule has 1 N–H and O–H groups in total. The molecule has 2 aromatic carbocycles. The molecule has 132 valence electrons. The molecule has 3 rings (SSSR count). The van der Waals surface area contributed by atoms with E-state index in [9.17, 15) is 13.2 Å². The lowest BCUT2D eigenvalue weighted by Crippen LogP contribution is -2.30. The zero-order valence-corrected chi connectivity index (χ0v) is 14.4. The van der Waals surface area contributed by atoms with Crippen LogP contribution in [0.15, 0.2) is 78.2 Å². The molecule has 0 bridgehead atoms. The van der Waals surface area contributed by atoms with Gasteiger partial charge >= 0.3 is 5.97 Å². The van der Waals surface area contributed by atoms with Gasteiger partial charge in [0.05, 0.1) is 22.7 Å². The summed E-state index contributed by atoms with van der Waals surface area (Å²) >= 11 is 0. The van der Waals surface area contributed by atoms with Gasteiger partial charge in [0.25, 0.3) is 10.0 Å². The average Bonchev–Trinajstić information content (AvgIpc) is 2.67. The van der Waals surface area contributed by atoms with Crippen molar-refractivity contribution in [3.63, 3.8) is 0 Å². The van der Waals surface area contributed by atoms with E-state index in [0.29, 0.717) is 11.3 Å². The van der Waals surface area contributed by atoms with E-state index in [1.54, 1.807) is 18.2 Å². The lowest BCUT2D eigenvalue weighted by molar-refractivity contribution is 0.0697. The molecule has 8 heteroatoms. The summed E-state index contributed by atoms with van der Waals surface area (Å²) in [6.45, 7) is 0.0183. The van der Waals surface area contributed by atoms with Crippen molar-refractivity contribution in [2.75, 3.05) is 4.31 Å². The van der Waals surface area contributed by atoms with E-state index in [0.717, 1.165) is 0 Å². The number of nitrogens with zero attached hydrogens (tertiary/aromatic N) is 3. The second-order valence-corrected chi connectivity index (χ2v) is 7.29. The fraction of sp³-hybridized carbons (Fsp3) is 0.0556. The van der Waals surface area contributed by atoms with E-state index in [1.165, 1.54) is 59.4 Å². The molecule has 0 aliphatic rings. The quantitative estimate of drug-likeness (QED) is 0.717. The molecule has 0 saturated heterocycles. The Labute approximate surface area is 150 Å². The van der Waals surface area contributed by atoms with Crippen molar-refractivity contribution in [1.29, 1.82) is 0 Å². The lowest BCUT2D eigenvalue weighted by Gasteiger charge is -2.24. The first-order valence-electron chi connectivity index (χ1n) is 7.63. The van der Waals surface area contributed by atoms with E-state index in [1.807, 2.05) is 0 Å². The van der Waals surface area contributed by atoms with Crippen LogP contribution in [0.3, 0.4) is 0 Å². The van der Waals surface area contributed by atoms with Gasteiger partial charge < -0.3 is 5.11 Å². The predicted molar refractivity (Wildman–Crippen MR) is 95.2 cm³/mol. The number of carboxylic acid groups (broad SMARTS) is 1. The number of anilines is 1. The Kier molecular flexibility index (Phi) is 4.94. The van der Waals surface area contributed by atoms with Crippen molar-refractivity contribution in [3.8, 4) is 0 Å². The first-order chi connectivity index (χ1) is 12.5. The highest BCUT2D eigenvalue weighted by Gasteiger charge is 2.25. The van der Waals surface area contributed by atoms with Gasteiger partial charge in [-0.25, -0.2) is 23.2 Å². The summed E-state index contributed by atoms with van der Waals surface area (Å²) in [5.74, 6) is -1.08. The van der Waals surface area contributed by atoms with Crippen LogP contribution in [0.4, 0.5) is 5.69 Å². The second-order valence-electron chi connectivity index (χ2n) is 5.42. The highest BCUT2D eigenvalue weighted by Crippen LogP contribution is 2.26. The Morgan fingerprint density at radius 1 is 0.962 bits per heavy atom. The van der Waals surface area contributed by atoms with Crippen molar-refractivity contribution in [2.24, 2.45) is 0 Å². The minimum Gasteiger partial charge on any atom is -0.478 e. The standard InChI is InChI=1S/C18H15N3O4S/c22-18(23)15-6-8-16(9-7-15)21(12-14-10-19-13-20-11-14)26(24,25)17-4-2-1-3-5-17/h1-11,13H,12H2,(H,22,23). The van der Waals surface area contributed by atoms with E-state index in [2.05, 4.69) is 9.97 Å². The third-order valence-corrected chi connectivity index (χ3v) is 5.46. The van der Waals surface area contributed by atoms with Crippen LogP contribution in [0.5, 0.6) is 0 Å². The Bertz CT molecular complexity index is 992. The van der Waals surface area contributed by atoms with Crippen molar-refractivity contribution in [1.82, 2.24) is 9.97 Å². The molecule has 0 unspecified atom stereocenters. The van der Waals surface area contributed by atoms with Crippen molar-refractivity contribution >= 4 is 21.7 Å². The first kappa shape index (κ1) is 17.6. The molecule has 0 radical (unpaired) electrons. The van der Waals surface area contributed by atoms with E-state index in [-0.39, 0.29) is 17.0 Å². The molecule has 3 aromatic rings. The zero-order valence-electron chi connectivity index (χ0n) is 13.6. The summed E-state index contributed by atoms with van der Waals surface area (Å²) in [6.07, 6.45) is 4.43. The van der Waals surface area contributed by atoms with Crippen LogP contribution in [-0.2, 0) is 16.6 Å². The number of hydrogen-bond acceptors (Lipinski definition) is 5. The Hall–Kier alpha value is -3.26. The number of carboxylic acids is 1. The maximum absolute atomic E-state index is 13.1. The maximum Gasteiger partial charge on any atom is 0.335 e.